The van der Waals surface area contributed by atoms with Crippen LogP contribution in [0.4, 0.5) is 5.69 Å². The highest BCUT2D eigenvalue weighted by atomic mass is 35.5. The van der Waals surface area contributed by atoms with E-state index in [1.807, 2.05) is 0 Å². The van der Waals surface area contributed by atoms with Gasteiger partial charge in [0.2, 0.25) is 11.8 Å². The van der Waals surface area contributed by atoms with Crippen LogP contribution in [0, 0.1) is 0 Å². The number of halogens is 2. The summed E-state index contributed by atoms with van der Waals surface area (Å²) in [5, 5.41) is 7.29. The van der Waals surface area contributed by atoms with E-state index in [-0.39, 0.29) is 24.7 Å². The molecule has 0 aromatic heterocycles. The number of carbonyl (C=O) groups is 3. The summed E-state index contributed by atoms with van der Waals surface area (Å²) in [5.41, 5.74) is 4.06. The molecule has 2 aromatic carbocycles. The fraction of sp³-hybridized carbons (Fsp3) is 0.200. The second-order valence-electron chi connectivity index (χ2n) is 5.94. The van der Waals surface area contributed by atoms with Crippen LogP contribution in [0.5, 0.6) is 0 Å². The first-order valence-electron chi connectivity index (χ1n) is 8.64. The molecule has 0 saturated heterocycles. The van der Waals surface area contributed by atoms with E-state index in [4.69, 9.17) is 23.2 Å². The second-order valence-corrected chi connectivity index (χ2v) is 6.75. The molecule has 0 atom stereocenters. The van der Waals surface area contributed by atoms with E-state index in [0.717, 1.165) is 0 Å². The molecule has 0 aliphatic heterocycles. The molecule has 2 aromatic rings. The number of benzene rings is 2. The van der Waals surface area contributed by atoms with Crippen LogP contribution in [0.3, 0.4) is 0 Å². The molecule has 0 radical (unpaired) electrons. The van der Waals surface area contributed by atoms with Gasteiger partial charge in [0.15, 0.2) is 0 Å². The number of hydrogen-bond donors (Lipinski definition) is 2. The normalized spacial score (nSPS) is 10.6. The lowest BCUT2D eigenvalue weighted by atomic mass is 10.1. The molecule has 2 amide bonds. The molecule has 7 nitrogen and oxygen atoms in total. The summed E-state index contributed by atoms with van der Waals surface area (Å²) in [6.45, 7) is 0. The number of nitrogens with one attached hydrogen (secondary N) is 2. The predicted octanol–water partition coefficient (Wildman–Crippen LogP) is 4.04. The van der Waals surface area contributed by atoms with E-state index in [9.17, 15) is 14.4 Å². The standard InChI is InChI=1S/C20H19Cl2N3O4/c1-29-20(28)14-7-5-13(6-8-14)12-23-25-19(27)4-2-3-18(26)24-15-9-10-16(21)17(22)11-15/h5-12H,2-4H2,1H3,(H,24,26)(H,25,27)/b23-12-. The fourth-order valence-electron chi connectivity index (χ4n) is 2.26. The van der Waals surface area contributed by atoms with Crippen molar-refractivity contribution in [3.63, 3.8) is 0 Å². The first-order chi connectivity index (χ1) is 13.9. The summed E-state index contributed by atoms with van der Waals surface area (Å²) in [7, 11) is 1.31. The molecule has 0 bridgehead atoms. The molecule has 9 heteroatoms. The number of ether oxygens (including phenoxy) is 1. The molecule has 0 heterocycles. The van der Waals surface area contributed by atoms with Crippen LogP contribution in [-0.4, -0.2) is 31.1 Å². The van der Waals surface area contributed by atoms with Gasteiger partial charge in [-0.25, -0.2) is 10.2 Å². The zero-order chi connectivity index (χ0) is 21.2. The Hall–Kier alpha value is -2.90. The van der Waals surface area contributed by atoms with Crippen molar-refractivity contribution in [2.45, 2.75) is 19.3 Å². The van der Waals surface area contributed by atoms with Gasteiger partial charge in [-0.2, -0.15) is 5.10 Å². The number of nitrogens with zero attached hydrogens (tertiary/aromatic N) is 1. The lowest BCUT2D eigenvalue weighted by molar-refractivity contribution is -0.121. The summed E-state index contributed by atoms with van der Waals surface area (Å²) in [4.78, 5) is 35.0. The predicted molar refractivity (Wildman–Crippen MR) is 112 cm³/mol. The molecule has 2 N–H and O–H groups in total. The van der Waals surface area contributed by atoms with E-state index >= 15 is 0 Å². The van der Waals surface area contributed by atoms with E-state index in [0.29, 0.717) is 33.3 Å². The van der Waals surface area contributed by atoms with Crippen molar-refractivity contribution in [3.8, 4) is 0 Å². The number of rotatable bonds is 8. The number of carbonyl (C=O) groups excluding carboxylic acids is 3. The Morgan fingerprint density at radius 3 is 2.34 bits per heavy atom. The third-order valence-corrected chi connectivity index (χ3v) is 4.48. The first-order valence-corrected chi connectivity index (χ1v) is 9.40. The molecule has 152 valence electrons. The van der Waals surface area contributed by atoms with Gasteiger partial charge in [-0.05, 0) is 42.3 Å². The first kappa shape index (κ1) is 22.4. The highest BCUT2D eigenvalue weighted by molar-refractivity contribution is 6.42. The quantitative estimate of drug-likeness (QED) is 0.371. The minimum Gasteiger partial charge on any atom is -0.465 e. The maximum absolute atomic E-state index is 11.9. The van der Waals surface area contributed by atoms with Crippen molar-refractivity contribution in [1.29, 1.82) is 0 Å². The van der Waals surface area contributed by atoms with E-state index in [1.165, 1.54) is 13.3 Å². The summed E-state index contributed by atoms with van der Waals surface area (Å²) in [6.07, 6.45) is 2.14. The molecule has 29 heavy (non-hydrogen) atoms. The number of hydrazone groups is 1. The summed E-state index contributed by atoms with van der Waals surface area (Å²) in [5.74, 6) is -0.967. The minimum atomic E-state index is -0.426. The summed E-state index contributed by atoms with van der Waals surface area (Å²) >= 11 is 11.7. The maximum atomic E-state index is 11.9. The molecule has 2 rings (SSSR count). The van der Waals surface area contributed by atoms with Gasteiger partial charge in [-0.15, -0.1) is 0 Å². The van der Waals surface area contributed by atoms with Gasteiger partial charge >= 0.3 is 5.97 Å². The molecular formula is C20H19Cl2N3O4. The number of anilines is 1. The second kappa shape index (κ2) is 11.2. The van der Waals surface area contributed by atoms with Crippen molar-refractivity contribution >= 4 is 52.9 Å². The van der Waals surface area contributed by atoms with E-state index in [2.05, 4.69) is 20.6 Å². The van der Waals surface area contributed by atoms with Crippen molar-refractivity contribution in [2.24, 2.45) is 5.10 Å². The highest BCUT2D eigenvalue weighted by Crippen LogP contribution is 2.25. The largest absolute Gasteiger partial charge is 0.465 e. The molecule has 0 spiro atoms. The van der Waals surface area contributed by atoms with Crippen LogP contribution in [0.1, 0.15) is 35.2 Å². The van der Waals surface area contributed by atoms with E-state index in [1.54, 1.807) is 42.5 Å². The van der Waals surface area contributed by atoms with Crippen molar-refractivity contribution < 1.29 is 19.1 Å². The smallest absolute Gasteiger partial charge is 0.337 e. The Labute approximate surface area is 178 Å². The molecule has 0 unspecified atom stereocenters. The molecule has 0 aliphatic rings. The van der Waals surface area contributed by atoms with Gasteiger partial charge in [-0.1, -0.05) is 35.3 Å². The average Bonchev–Trinajstić information content (AvgIpc) is 2.70. The monoisotopic (exact) mass is 435 g/mol. The Kier molecular flexibility index (Phi) is 8.64. The maximum Gasteiger partial charge on any atom is 0.337 e. The number of hydrogen-bond acceptors (Lipinski definition) is 5. The van der Waals surface area contributed by atoms with Gasteiger partial charge in [0, 0.05) is 18.5 Å². The Morgan fingerprint density at radius 2 is 1.69 bits per heavy atom. The zero-order valence-electron chi connectivity index (χ0n) is 15.6. The Balaban J connectivity index is 1.70. The van der Waals surface area contributed by atoms with Crippen LogP contribution in [0.2, 0.25) is 10.0 Å². The third kappa shape index (κ3) is 7.56. The van der Waals surface area contributed by atoms with E-state index < -0.39 is 5.97 Å². The molecule has 0 fully saturated rings. The summed E-state index contributed by atoms with van der Waals surface area (Å²) < 4.78 is 4.62. The molecule has 0 aliphatic carbocycles. The Morgan fingerprint density at radius 1 is 1.00 bits per heavy atom. The SMILES string of the molecule is COC(=O)c1ccc(/C=N\NC(=O)CCCC(=O)Nc2ccc(Cl)c(Cl)c2)cc1. The van der Waals surface area contributed by atoms with Crippen LogP contribution >= 0.6 is 23.2 Å². The third-order valence-electron chi connectivity index (χ3n) is 3.75. The van der Waals surface area contributed by atoms with Gasteiger partial charge in [0.05, 0.1) is 28.9 Å². The topological polar surface area (TPSA) is 96.9 Å². The van der Waals surface area contributed by atoms with Gasteiger partial charge in [0.25, 0.3) is 0 Å². The van der Waals surface area contributed by atoms with Gasteiger partial charge < -0.3 is 10.1 Å². The number of amides is 2. The van der Waals surface area contributed by atoms with Crippen LogP contribution in [-0.2, 0) is 14.3 Å². The highest BCUT2D eigenvalue weighted by Gasteiger charge is 2.07. The van der Waals surface area contributed by atoms with Gasteiger partial charge in [-0.3, -0.25) is 9.59 Å². The number of esters is 1. The van der Waals surface area contributed by atoms with Crippen LogP contribution in [0.25, 0.3) is 0 Å². The lowest BCUT2D eigenvalue weighted by Crippen LogP contribution is -2.18. The summed E-state index contributed by atoms with van der Waals surface area (Å²) in [6, 6.07) is 11.3. The van der Waals surface area contributed by atoms with Crippen LogP contribution in [0.15, 0.2) is 47.6 Å². The fourth-order valence-corrected chi connectivity index (χ4v) is 2.56. The molecular weight excluding hydrogens is 417 g/mol. The van der Waals surface area contributed by atoms with Crippen LogP contribution < -0.4 is 10.7 Å². The minimum absolute atomic E-state index is 0.146. The molecule has 0 saturated carbocycles. The lowest BCUT2D eigenvalue weighted by Gasteiger charge is -2.06. The van der Waals surface area contributed by atoms with Crippen molar-refractivity contribution in [1.82, 2.24) is 5.43 Å². The van der Waals surface area contributed by atoms with Crippen molar-refractivity contribution in [2.75, 3.05) is 12.4 Å². The van der Waals surface area contributed by atoms with Crippen molar-refractivity contribution in [3.05, 3.63) is 63.6 Å². The number of methoxy groups -OCH3 is 1. The average molecular weight is 436 g/mol. The van der Waals surface area contributed by atoms with Gasteiger partial charge in [0.1, 0.15) is 0 Å². The zero-order valence-corrected chi connectivity index (χ0v) is 17.1. The Bertz CT molecular complexity index is 914.